The van der Waals surface area contributed by atoms with Crippen molar-refractivity contribution >= 4 is 0 Å². The Balaban J connectivity index is 2.84. The van der Waals surface area contributed by atoms with Gasteiger partial charge in [0.2, 0.25) is 0 Å². The van der Waals surface area contributed by atoms with E-state index >= 15 is 0 Å². The Morgan fingerprint density at radius 2 is 1.91 bits per heavy atom. The second kappa shape index (κ2) is 3.46. The molecule has 0 saturated carbocycles. The molecule has 0 atom stereocenters. The topological polar surface area (TPSA) is 18.5 Å². The van der Waals surface area contributed by atoms with Gasteiger partial charge in [-0.2, -0.15) is 0 Å². The van der Waals surface area contributed by atoms with Crippen LogP contribution in [0.25, 0.3) is 0 Å². The van der Waals surface area contributed by atoms with E-state index in [2.05, 4.69) is 0 Å². The summed E-state index contributed by atoms with van der Waals surface area (Å²) in [5, 5.41) is 0. The molecule has 1 saturated heterocycles. The number of hydrogen-bond acceptors (Lipinski definition) is 2. The highest BCUT2D eigenvalue weighted by atomic mass is 16.6. The van der Waals surface area contributed by atoms with Crippen molar-refractivity contribution in [2.75, 3.05) is 13.2 Å². The maximum atomic E-state index is 5.43. The monoisotopic (exact) mass is 154 g/mol. The Kier molecular flexibility index (Phi) is 2.58. The minimum absolute atomic E-state index is 0.663. The highest BCUT2D eigenvalue weighted by molar-refractivity contribution is 5.24. The first-order valence-electron chi connectivity index (χ1n) is 3.85. The highest BCUT2D eigenvalue weighted by Crippen LogP contribution is 2.20. The van der Waals surface area contributed by atoms with Crippen LogP contribution >= 0.6 is 0 Å². The number of hydrogen-bond donors (Lipinski definition) is 0. The van der Waals surface area contributed by atoms with E-state index < -0.39 is 0 Å². The molecule has 0 N–H and O–H groups in total. The predicted octanol–water partition coefficient (Wildman–Crippen LogP) is 2.23. The molecule has 0 aliphatic carbocycles. The molecule has 1 heterocycles. The molecule has 0 spiro atoms. The van der Waals surface area contributed by atoms with Gasteiger partial charge in [-0.25, -0.2) is 0 Å². The van der Waals surface area contributed by atoms with E-state index in [-0.39, 0.29) is 0 Å². The molecule has 0 aromatic heterocycles. The summed E-state index contributed by atoms with van der Waals surface area (Å²) in [5.74, 6) is 1.77. The third-order valence-electron chi connectivity index (χ3n) is 1.53. The predicted molar refractivity (Wildman–Crippen MR) is 44.0 cm³/mol. The normalized spacial score (nSPS) is 21.0. The SMILES string of the molecule is C/C=C1/OCCOC1=C(C)C. The van der Waals surface area contributed by atoms with E-state index in [4.69, 9.17) is 9.47 Å². The molecule has 11 heavy (non-hydrogen) atoms. The minimum atomic E-state index is 0.663. The van der Waals surface area contributed by atoms with E-state index in [9.17, 15) is 0 Å². The fourth-order valence-corrected chi connectivity index (χ4v) is 1.04. The van der Waals surface area contributed by atoms with Gasteiger partial charge in [0.05, 0.1) is 0 Å². The Bertz CT molecular complexity index is 198. The van der Waals surface area contributed by atoms with Crippen LogP contribution in [0.5, 0.6) is 0 Å². The Morgan fingerprint density at radius 1 is 1.27 bits per heavy atom. The fourth-order valence-electron chi connectivity index (χ4n) is 1.04. The largest absolute Gasteiger partial charge is 0.487 e. The van der Waals surface area contributed by atoms with Crippen molar-refractivity contribution in [3.8, 4) is 0 Å². The van der Waals surface area contributed by atoms with Gasteiger partial charge in [0, 0.05) is 0 Å². The standard InChI is InChI=1S/C9H14O2/c1-4-8-9(7(2)3)11-6-5-10-8/h4H,5-6H2,1-3H3/b8-4+. The molecule has 1 aliphatic rings. The van der Waals surface area contributed by atoms with Gasteiger partial charge >= 0.3 is 0 Å². The summed E-state index contributed by atoms with van der Waals surface area (Å²) in [6.45, 7) is 7.32. The highest BCUT2D eigenvalue weighted by Gasteiger charge is 2.13. The first-order chi connectivity index (χ1) is 5.25. The Hall–Kier alpha value is -0.920. The third-order valence-corrected chi connectivity index (χ3v) is 1.53. The summed E-state index contributed by atoms with van der Waals surface area (Å²) in [4.78, 5) is 0. The van der Waals surface area contributed by atoms with Gasteiger partial charge in [-0.1, -0.05) is 0 Å². The second-order valence-corrected chi connectivity index (χ2v) is 2.68. The molecule has 2 nitrogen and oxygen atoms in total. The maximum Gasteiger partial charge on any atom is 0.159 e. The summed E-state index contributed by atoms with van der Waals surface area (Å²) in [6, 6.07) is 0. The van der Waals surface area contributed by atoms with Gasteiger partial charge in [-0.05, 0) is 32.4 Å². The molecule has 1 fully saturated rings. The number of allylic oxidation sites excluding steroid dienone is 2. The minimum Gasteiger partial charge on any atom is -0.487 e. The van der Waals surface area contributed by atoms with Gasteiger partial charge < -0.3 is 9.47 Å². The molecule has 0 radical (unpaired) electrons. The van der Waals surface area contributed by atoms with E-state index in [1.54, 1.807) is 0 Å². The molecule has 0 amide bonds. The summed E-state index contributed by atoms with van der Waals surface area (Å²) < 4.78 is 10.8. The summed E-state index contributed by atoms with van der Waals surface area (Å²) >= 11 is 0. The van der Waals surface area contributed by atoms with Gasteiger partial charge in [-0.15, -0.1) is 0 Å². The van der Waals surface area contributed by atoms with Gasteiger partial charge in [0.1, 0.15) is 13.2 Å². The van der Waals surface area contributed by atoms with Crippen LogP contribution in [-0.4, -0.2) is 13.2 Å². The van der Waals surface area contributed by atoms with Crippen molar-refractivity contribution < 1.29 is 9.47 Å². The van der Waals surface area contributed by atoms with Gasteiger partial charge in [0.15, 0.2) is 11.5 Å². The van der Waals surface area contributed by atoms with E-state index in [0.717, 1.165) is 17.1 Å². The van der Waals surface area contributed by atoms with Crippen molar-refractivity contribution in [3.63, 3.8) is 0 Å². The van der Waals surface area contributed by atoms with Crippen LogP contribution in [0.4, 0.5) is 0 Å². The lowest BCUT2D eigenvalue weighted by atomic mass is 10.2. The summed E-state index contributed by atoms with van der Waals surface area (Å²) in [5.41, 5.74) is 1.16. The molecule has 0 aromatic rings. The molecule has 62 valence electrons. The van der Waals surface area contributed by atoms with Crippen LogP contribution in [0.15, 0.2) is 23.2 Å². The van der Waals surface area contributed by atoms with Crippen molar-refractivity contribution in [2.24, 2.45) is 0 Å². The lowest BCUT2D eigenvalue weighted by Crippen LogP contribution is -2.14. The van der Waals surface area contributed by atoms with Crippen LogP contribution in [0.2, 0.25) is 0 Å². The lowest BCUT2D eigenvalue weighted by molar-refractivity contribution is 0.0575. The van der Waals surface area contributed by atoms with Crippen molar-refractivity contribution in [3.05, 3.63) is 23.2 Å². The van der Waals surface area contributed by atoms with Gasteiger partial charge in [-0.3, -0.25) is 0 Å². The van der Waals surface area contributed by atoms with Crippen LogP contribution in [0.1, 0.15) is 20.8 Å². The first kappa shape index (κ1) is 8.18. The zero-order valence-electron chi connectivity index (χ0n) is 7.31. The molecule has 0 bridgehead atoms. The van der Waals surface area contributed by atoms with E-state index in [1.807, 2.05) is 26.8 Å². The molecule has 0 unspecified atom stereocenters. The average Bonchev–Trinajstić information content (AvgIpc) is 2.04. The second-order valence-electron chi connectivity index (χ2n) is 2.68. The molecular weight excluding hydrogens is 140 g/mol. The van der Waals surface area contributed by atoms with Crippen LogP contribution < -0.4 is 0 Å². The average molecular weight is 154 g/mol. The number of ether oxygens (including phenoxy) is 2. The smallest absolute Gasteiger partial charge is 0.159 e. The zero-order chi connectivity index (χ0) is 8.27. The van der Waals surface area contributed by atoms with Crippen LogP contribution in [-0.2, 0) is 9.47 Å². The Morgan fingerprint density at radius 3 is 2.36 bits per heavy atom. The van der Waals surface area contributed by atoms with Gasteiger partial charge in [0.25, 0.3) is 0 Å². The molecule has 0 aromatic carbocycles. The van der Waals surface area contributed by atoms with Crippen molar-refractivity contribution in [1.82, 2.24) is 0 Å². The fraction of sp³-hybridized carbons (Fsp3) is 0.556. The first-order valence-corrected chi connectivity index (χ1v) is 3.85. The molecule has 1 aliphatic heterocycles. The quantitative estimate of drug-likeness (QED) is 0.532. The lowest BCUT2D eigenvalue weighted by Gasteiger charge is -2.21. The van der Waals surface area contributed by atoms with Crippen molar-refractivity contribution in [2.45, 2.75) is 20.8 Å². The third kappa shape index (κ3) is 1.76. The van der Waals surface area contributed by atoms with E-state index in [0.29, 0.717) is 13.2 Å². The molecule has 1 rings (SSSR count). The summed E-state index contributed by atoms with van der Waals surface area (Å²) in [6.07, 6.45) is 1.93. The maximum absolute atomic E-state index is 5.43. The number of rotatable bonds is 0. The zero-order valence-corrected chi connectivity index (χ0v) is 7.31. The van der Waals surface area contributed by atoms with Crippen LogP contribution in [0.3, 0.4) is 0 Å². The molecule has 2 heteroatoms. The Labute approximate surface area is 67.5 Å². The van der Waals surface area contributed by atoms with Crippen LogP contribution in [0, 0.1) is 0 Å². The molecular formula is C9H14O2. The summed E-state index contributed by atoms with van der Waals surface area (Å²) in [7, 11) is 0. The van der Waals surface area contributed by atoms with E-state index in [1.165, 1.54) is 0 Å². The van der Waals surface area contributed by atoms with Crippen molar-refractivity contribution in [1.29, 1.82) is 0 Å².